The van der Waals surface area contributed by atoms with E-state index in [0.29, 0.717) is 34.5 Å². The molecule has 0 fully saturated rings. The Bertz CT molecular complexity index is 1110. The van der Waals surface area contributed by atoms with Gasteiger partial charge in [0.1, 0.15) is 0 Å². The molecule has 0 aliphatic carbocycles. The molecule has 1 heterocycles. The van der Waals surface area contributed by atoms with Gasteiger partial charge in [0, 0.05) is 5.38 Å². The van der Waals surface area contributed by atoms with E-state index in [0.717, 1.165) is 11.1 Å². The molecule has 0 radical (unpaired) electrons. The van der Waals surface area contributed by atoms with E-state index in [2.05, 4.69) is 15.5 Å². The van der Waals surface area contributed by atoms with Crippen LogP contribution in [-0.4, -0.2) is 36.9 Å². The van der Waals surface area contributed by atoms with E-state index in [9.17, 15) is 9.59 Å². The topological polar surface area (TPSA) is 99.1 Å². The predicted octanol–water partition coefficient (Wildman–Crippen LogP) is 4.23. The molecule has 0 spiro atoms. The Kier molecular flexibility index (Phi) is 7.93. The van der Waals surface area contributed by atoms with Crippen LogP contribution in [0.25, 0.3) is 0 Å². The molecule has 0 aliphatic heterocycles. The Morgan fingerprint density at radius 2 is 1.94 bits per heavy atom. The van der Waals surface area contributed by atoms with Crippen LogP contribution in [0.5, 0.6) is 11.5 Å². The Balaban J connectivity index is 1.61. The highest BCUT2D eigenvalue weighted by Gasteiger charge is 2.13. The number of rotatable bonds is 9. The molecule has 0 unspecified atom stereocenters. The molecule has 3 aromatic rings. The highest BCUT2D eigenvalue weighted by Crippen LogP contribution is 2.28. The average Bonchev–Trinajstić information content (AvgIpc) is 3.22. The molecule has 1 N–H and O–H groups in total. The standard InChI is InChI=1S/C23H23N3O5S/c1-4-30-21(27)12-18-14-32-23(25-18)26-24-13-16-7-10-19(20(11-16)29-3)31-22(28)17-8-5-15(2)6-9-17/h5-11,13-14H,4,12H2,1-3H3,(H,25,26). The summed E-state index contributed by atoms with van der Waals surface area (Å²) in [4.78, 5) is 28.2. The largest absolute Gasteiger partial charge is 0.493 e. The first-order valence-electron chi connectivity index (χ1n) is 9.84. The summed E-state index contributed by atoms with van der Waals surface area (Å²) >= 11 is 1.33. The molecule has 0 saturated carbocycles. The fourth-order valence-corrected chi connectivity index (χ4v) is 3.32. The van der Waals surface area contributed by atoms with Crippen LogP contribution in [-0.2, 0) is 16.0 Å². The average molecular weight is 454 g/mol. The van der Waals surface area contributed by atoms with Crippen LogP contribution in [0.2, 0.25) is 0 Å². The predicted molar refractivity (Wildman–Crippen MR) is 123 cm³/mol. The lowest BCUT2D eigenvalue weighted by atomic mass is 10.1. The van der Waals surface area contributed by atoms with Crippen molar-refractivity contribution >= 4 is 34.6 Å². The third-order valence-electron chi connectivity index (χ3n) is 4.23. The van der Waals surface area contributed by atoms with E-state index in [4.69, 9.17) is 14.2 Å². The van der Waals surface area contributed by atoms with Crippen LogP contribution in [0.15, 0.2) is 52.9 Å². The zero-order valence-electron chi connectivity index (χ0n) is 18.0. The van der Waals surface area contributed by atoms with Crippen molar-refractivity contribution < 1.29 is 23.8 Å². The maximum Gasteiger partial charge on any atom is 0.343 e. The van der Waals surface area contributed by atoms with Crippen LogP contribution in [0.4, 0.5) is 5.13 Å². The van der Waals surface area contributed by atoms with Gasteiger partial charge in [0.15, 0.2) is 11.5 Å². The Hall–Kier alpha value is -3.72. The number of carbonyl (C=O) groups excluding carboxylic acids is 2. The molecule has 166 valence electrons. The van der Waals surface area contributed by atoms with Crippen LogP contribution in [0, 0.1) is 6.92 Å². The van der Waals surface area contributed by atoms with Gasteiger partial charge in [0.05, 0.1) is 37.6 Å². The van der Waals surface area contributed by atoms with E-state index in [1.54, 1.807) is 48.9 Å². The van der Waals surface area contributed by atoms with Crippen molar-refractivity contribution in [3.63, 3.8) is 0 Å². The van der Waals surface area contributed by atoms with E-state index < -0.39 is 5.97 Å². The van der Waals surface area contributed by atoms with Crippen molar-refractivity contribution in [2.24, 2.45) is 5.10 Å². The molecule has 8 nitrogen and oxygen atoms in total. The number of benzene rings is 2. The van der Waals surface area contributed by atoms with Gasteiger partial charge in [-0.05, 0) is 49.7 Å². The van der Waals surface area contributed by atoms with E-state index >= 15 is 0 Å². The normalized spacial score (nSPS) is 10.7. The fraction of sp³-hybridized carbons (Fsp3) is 0.217. The number of ether oxygens (including phenoxy) is 3. The van der Waals surface area contributed by atoms with Crippen molar-refractivity contribution in [3.05, 3.63) is 70.2 Å². The minimum absolute atomic E-state index is 0.121. The minimum Gasteiger partial charge on any atom is -0.493 e. The molecule has 9 heteroatoms. The first kappa shape index (κ1) is 23.0. The number of hydrogen-bond donors (Lipinski definition) is 1. The number of nitrogens with one attached hydrogen (secondary N) is 1. The monoisotopic (exact) mass is 453 g/mol. The third-order valence-corrected chi connectivity index (χ3v) is 5.03. The SMILES string of the molecule is CCOC(=O)Cc1csc(NN=Cc2ccc(OC(=O)c3ccc(C)cc3)c(OC)c2)n1. The molecule has 0 saturated heterocycles. The lowest BCUT2D eigenvalue weighted by Crippen LogP contribution is -2.09. The Morgan fingerprint density at radius 1 is 1.16 bits per heavy atom. The molecule has 2 aromatic carbocycles. The van der Waals surface area contributed by atoms with Gasteiger partial charge in [0.2, 0.25) is 5.13 Å². The van der Waals surface area contributed by atoms with Crippen molar-refractivity contribution in [1.29, 1.82) is 0 Å². The number of hydrogen-bond acceptors (Lipinski definition) is 9. The molecule has 1 aromatic heterocycles. The van der Waals surface area contributed by atoms with Crippen molar-refractivity contribution in [2.75, 3.05) is 19.1 Å². The van der Waals surface area contributed by atoms with Gasteiger partial charge in [-0.25, -0.2) is 9.78 Å². The number of thiazole rings is 1. The number of hydrazone groups is 1. The number of nitrogens with zero attached hydrogens (tertiary/aromatic N) is 2. The first-order valence-corrected chi connectivity index (χ1v) is 10.7. The number of aryl methyl sites for hydroxylation is 1. The zero-order valence-corrected chi connectivity index (χ0v) is 18.8. The summed E-state index contributed by atoms with van der Waals surface area (Å²) in [7, 11) is 1.50. The van der Waals surface area contributed by atoms with Gasteiger partial charge in [0.25, 0.3) is 0 Å². The first-order chi connectivity index (χ1) is 15.5. The van der Waals surface area contributed by atoms with Crippen molar-refractivity contribution in [2.45, 2.75) is 20.3 Å². The van der Waals surface area contributed by atoms with Gasteiger partial charge in [-0.3, -0.25) is 10.2 Å². The van der Waals surface area contributed by atoms with Gasteiger partial charge in [-0.15, -0.1) is 11.3 Å². The highest BCUT2D eigenvalue weighted by molar-refractivity contribution is 7.13. The number of methoxy groups -OCH3 is 1. The molecule has 0 atom stereocenters. The quantitative estimate of drug-likeness (QED) is 0.224. The van der Waals surface area contributed by atoms with Crippen molar-refractivity contribution in [3.8, 4) is 11.5 Å². The lowest BCUT2D eigenvalue weighted by molar-refractivity contribution is -0.142. The highest BCUT2D eigenvalue weighted by atomic mass is 32.1. The van der Waals surface area contributed by atoms with Crippen LogP contribution < -0.4 is 14.9 Å². The molecular weight excluding hydrogens is 430 g/mol. The second kappa shape index (κ2) is 11.1. The summed E-state index contributed by atoms with van der Waals surface area (Å²) in [5.74, 6) is -0.0658. The summed E-state index contributed by atoms with van der Waals surface area (Å²) in [5.41, 5.74) is 5.69. The summed E-state index contributed by atoms with van der Waals surface area (Å²) in [6.45, 7) is 4.05. The Morgan fingerprint density at radius 3 is 2.66 bits per heavy atom. The van der Waals surface area contributed by atoms with Crippen molar-refractivity contribution in [1.82, 2.24) is 4.98 Å². The van der Waals surface area contributed by atoms with E-state index in [1.807, 2.05) is 19.1 Å². The number of aromatic nitrogens is 1. The van der Waals surface area contributed by atoms with Crippen LogP contribution in [0.3, 0.4) is 0 Å². The second-order valence-corrected chi connectivity index (χ2v) is 7.52. The molecule has 0 amide bonds. The van der Waals surface area contributed by atoms with Crippen LogP contribution in [0.1, 0.15) is 34.1 Å². The second-order valence-electron chi connectivity index (χ2n) is 6.66. The molecule has 0 aliphatic rings. The fourth-order valence-electron chi connectivity index (χ4n) is 2.66. The third kappa shape index (κ3) is 6.39. The summed E-state index contributed by atoms with van der Waals surface area (Å²) in [5, 5.41) is 6.48. The van der Waals surface area contributed by atoms with E-state index in [-0.39, 0.29) is 12.4 Å². The lowest BCUT2D eigenvalue weighted by Gasteiger charge is -2.10. The van der Waals surface area contributed by atoms with Crippen LogP contribution >= 0.6 is 11.3 Å². The zero-order chi connectivity index (χ0) is 22.9. The van der Waals surface area contributed by atoms with Gasteiger partial charge in [-0.2, -0.15) is 5.10 Å². The summed E-state index contributed by atoms with van der Waals surface area (Å²) in [6.07, 6.45) is 1.70. The van der Waals surface area contributed by atoms with Gasteiger partial charge < -0.3 is 14.2 Å². The Labute approximate surface area is 189 Å². The number of anilines is 1. The summed E-state index contributed by atoms with van der Waals surface area (Å²) < 4.78 is 15.7. The number of esters is 2. The molecule has 3 rings (SSSR count). The maximum atomic E-state index is 12.4. The summed E-state index contributed by atoms with van der Waals surface area (Å²) in [6, 6.07) is 12.2. The minimum atomic E-state index is -0.464. The maximum absolute atomic E-state index is 12.4. The number of carbonyl (C=O) groups is 2. The smallest absolute Gasteiger partial charge is 0.343 e. The molecular formula is C23H23N3O5S. The van der Waals surface area contributed by atoms with Gasteiger partial charge in [-0.1, -0.05) is 17.7 Å². The van der Waals surface area contributed by atoms with Gasteiger partial charge >= 0.3 is 11.9 Å². The molecule has 32 heavy (non-hydrogen) atoms. The molecule has 0 bridgehead atoms. The van der Waals surface area contributed by atoms with E-state index in [1.165, 1.54) is 18.4 Å².